The number of aryl methyl sites for hydroxylation is 1. The monoisotopic (exact) mass is 280 g/mol. The highest BCUT2D eigenvalue weighted by Gasteiger charge is 2.06. The molecule has 2 N–H and O–H groups in total. The summed E-state index contributed by atoms with van der Waals surface area (Å²) in [5, 5.41) is 13.9. The zero-order valence-electron chi connectivity index (χ0n) is 11.9. The summed E-state index contributed by atoms with van der Waals surface area (Å²) in [6, 6.07) is 14.8. The van der Waals surface area contributed by atoms with Gasteiger partial charge in [-0.05, 0) is 37.3 Å². The lowest BCUT2D eigenvalue weighted by Crippen LogP contribution is -1.95. The van der Waals surface area contributed by atoms with Crippen molar-refractivity contribution in [3.63, 3.8) is 0 Å². The fraction of sp³-hybridized carbons (Fsp3) is 0.118. The predicted octanol–water partition coefficient (Wildman–Crippen LogP) is 4.00. The molecule has 0 unspecified atom stereocenters. The number of pyridine rings is 1. The molecule has 2 aromatic carbocycles. The highest BCUT2D eigenvalue weighted by Crippen LogP contribution is 2.29. The Kier molecular flexibility index (Phi) is 3.36. The molecule has 0 saturated carbocycles. The summed E-state index contributed by atoms with van der Waals surface area (Å²) in [4.78, 5) is 4.53. The Hall–Kier alpha value is -2.75. The second kappa shape index (κ2) is 5.32. The average Bonchev–Trinajstić information content (AvgIpc) is 2.46. The van der Waals surface area contributed by atoms with Crippen LogP contribution in [-0.2, 0) is 0 Å². The Morgan fingerprint density at radius 1 is 1.10 bits per heavy atom. The summed E-state index contributed by atoms with van der Waals surface area (Å²) in [6.07, 6.45) is 0. The molecule has 0 aliphatic rings. The molecule has 106 valence electrons. The smallest absolute Gasteiger partial charge is 0.121 e. The topological polar surface area (TPSA) is 54.4 Å². The normalized spacial score (nSPS) is 10.6. The first-order valence-corrected chi connectivity index (χ1v) is 6.67. The number of phenolic OH excluding ortho intramolecular Hbond substituents is 1. The number of ether oxygens (including phenoxy) is 1. The van der Waals surface area contributed by atoms with Crippen molar-refractivity contribution in [3.05, 3.63) is 54.2 Å². The van der Waals surface area contributed by atoms with Crippen LogP contribution in [-0.4, -0.2) is 17.2 Å². The molecule has 3 rings (SSSR count). The first-order valence-electron chi connectivity index (χ1n) is 6.67. The van der Waals surface area contributed by atoms with E-state index in [-0.39, 0.29) is 5.75 Å². The van der Waals surface area contributed by atoms with E-state index in [0.29, 0.717) is 0 Å². The molecule has 1 aromatic heterocycles. The number of nitrogens with one attached hydrogen (secondary N) is 1. The van der Waals surface area contributed by atoms with Crippen molar-refractivity contribution in [2.75, 3.05) is 12.4 Å². The molecule has 0 saturated heterocycles. The third-order valence-electron chi connectivity index (χ3n) is 3.27. The molecule has 0 spiro atoms. The fourth-order valence-electron chi connectivity index (χ4n) is 2.31. The van der Waals surface area contributed by atoms with Crippen LogP contribution in [0.3, 0.4) is 0 Å². The molecular weight excluding hydrogens is 264 g/mol. The summed E-state index contributed by atoms with van der Waals surface area (Å²) in [5.74, 6) is 1.01. The molecule has 1 heterocycles. The number of phenols is 1. The van der Waals surface area contributed by atoms with Crippen LogP contribution in [0.25, 0.3) is 10.9 Å². The molecule has 0 amide bonds. The number of fused-ring (bicyclic) bond motifs is 1. The number of methoxy groups -OCH3 is 1. The first kappa shape index (κ1) is 13.2. The van der Waals surface area contributed by atoms with Gasteiger partial charge in [-0.15, -0.1) is 0 Å². The van der Waals surface area contributed by atoms with Gasteiger partial charge in [-0.3, -0.25) is 4.98 Å². The van der Waals surface area contributed by atoms with Crippen LogP contribution < -0.4 is 10.1 Å². The molecule has 4 heteroatoms. The summed E-state index contributed by atoms with van der Waals surface area (Å²) < 4.78 is 5.24. The number of aromatic hydroxyl groups is 1. The van der Waals surface area contributed by atoms with Gasteiger partial charge in [0.15, 0.2) is 0 Å². The molecule has 3 aromatic rings. The third-order valence-corrected chi connectivity index (χ3v) is 3.27. The van der Waals surface area contributed by atoms with Gasteiger partial charge >= 0.3 is 0 Å². The van der Waals surface area contributed by atoms with Gasteiger partial charge in [0, 0.05) is 34.6 Å². The van der Waals surface area contributed by atoms with E-state index >= 15 is 0 Å². The maximum absolute atomic E-state index is 9.56. The van der Waals surface area contributed by atoms with E-state index in [4.69, 9.17) is 4.74 Å². The van der Waals surface area contributed by atoms with Crippen molar-refractivity contribution < 1.29 is 9.84 Å². The van der Waals surface area contributed by atoms with Crippen LogP contribution in [0.5, 0.6) is 11.5 Å². The van der Waals surface area contributed by atoms with Gasteiger partial charge in [0.25, 0.3) is 0 Å². The minimum atomic E-state index is 0.233. The molecule has 21 heavy (non-hydrogen) atoms. The first-order chi connectivity index (χ1) is 10.2. The van der Waals surface area contributed by atoms with Crippen molar-refractivity contribution in [1.82, 2.24) is 4.98 Å². The number of hydrogen-bond acceptors (Lipinski definition) is 4. The van der Waals surface area contributed by atoms with Crippen molar-refractivity contribution in [2.24, 2.45) is 0 Å². The highest BCUT2D eigenvalue weighted by molar-refractivity contribution is 5.94. The van der Waals surface area contributed by atoms with Gasteiger partial charge in [0.05, 0.1) is 12.6 Å². The summed E-state index contributed by atoms with van der Waals surface area (Å²) in [6.45, 7) is 1.95. The molecule has 0 aliphatic heterocycles. The zero-order valence-corrected chi connectivity index (χ0v) is 11.9. The third kappa shape index (κ3) is 2.74. The summed E-state index contributed by atoms with van der Waals surface area (Å²) in [5.41, 5.74) is 3.57. The number of nitrogens with zero attached hydrogens (tertiary/aromatic N) is 1. The van der Waals surface area contributed by atoms with E-state index in [1.165, 1.54) is 0 Å². The van der Waals surface area contributed by atoms with E-state index in [1.807, 2.05) is 37.3 Å². The van der Waals surface area contributed by atoms with Crippen LogP contribution in [0.1, 0.15) is 5.69 Å². The second-order valence-corrected chi connectivity index (χ2v) is 4.87. The Balaban J connectivity index is 2.09. The molecular formula is C17H16N2O2. The van der Waals surface area contributed by atoms with E-state index in [1.54, 1.807) is 25.3 Å². The van der Waals surface area contributed by atoms with Crippen LogP contribution in [0, 0.1) is 6.92 Å². The molecule has 4 nitrogen and oxygen atoms in total. The number of benzene rings is 2. The SMILES string of the molecule is COc1ccc2c(Nc3cccc(O)c3)cc(C)nc2c1. The second-order valence-electron chi connectivity index (χ2n) is 4.87. The lowest BCUT2D eigenvalue weighted by molar-refractivity contribution is 0.415. The van der Waals surface area contributed by atoms with Crippen molar-refractivity contribution in [2.45, 2.75) is 6.92 Å². The number of hydrogen-bond donors (Lipinski definition) is 2. The maximum Gasteiger partial charge on any atom is 0.121 e. The van der Waals surface area contributed by atoms with Crippen LogP contribution in [0.15, 0.2) is 48.5 Å². The molecule has 0 atom stereocenters. The van der Waals surface area contributed by atoms with Crippen LogP contribution >= 0.6 is 0 Å². The standard InChI is InChI=1S/C17H16N2O2/c1-11-8-16(19-12-4-3-5-13(20)9-12)15-7-6-14(21-2)10-17(15)18-11/h3-10,20H,1-2H3,(H,18,19). The number of anilines is 2. The van der Waals surface area contributed by atoms with Crippen molar-refractivity contribution in [1.29, 1.82) is 0 Å². The van der Waals surface area contributed by atoms with E-state index in [2.05, 4.69) is 10.3 Å². The van der Waals surface area contributed by atoms with Crippen LogP contribution in [0.2, 0.25) is 0 Å². The minimum Gasteiger partial charge on any atom is -0.508 e. The average molecular weight is 280 g/mol. The number of rotatable bonds is 3. The lowest BCUT2D eigenvalue weighted by atomic mass is 10.1. The quantitative estimate of drug-likeness (QED) is 0.761. The highest BCUT2D eigenvalue weighted by atomic mass is 16.5. The van der Waals surface area contributed by atoms with Gasteiger partial charge < -0.3 is 15.2 Å². The van der Waals surface area contributed by atoms with E-state index in [0.717, 1.165) is 33.7 Å². The van der Waals surface area contributed by atoms with Crippen LogP contribution in [0.4, 0.5) is 11.4 Å². The van der Waals surface area contributed by atoms with Crippen molar-refractivity contribution in [3.8, 4) is 11.5 Å². The number of aromatic nitrogens is 1. The van der Waals surface area contributed by atoms with Gasteiger partial charge in [0.2, 0.25) is 0 Å². The Labute approximate surface area is 123 Å². The Bertz CT molecular complexity index is 800. The van der Waals surface area contributed by atoms with E-state index in [9.17, 15) is 5.11 Å². The minimum absolute atomic E-state index is 0.233. The largest absolute Gasteiger partial charge is 0.508 e. The molecule has 0 bridgehead atoms. The molecule has 0 aliphatic carbocycles. The van der Waals surface area contributed by atoms with Gasteiger partial charge in [-0.25, -0.2) is 0 Å². The summed E-state index contributed by atoms with van der Waals surface area (Å²) >= 11 is 0. The van der Waals surface area contributed by atoms with Crippen molar-refractivity contribution >= 4 is 22.3 Å². The maximum atomic E-state index is 9.56. The predicted molar refractivity (Wildman–Crippen MR) is 84.4 cm³/mol. The fourth-order valence-corrected chi connectivity index (χ4v) is 2.31. The Morgan fingerprint density at radius 2 is 1.95 bits per heavy atom. The molecule has 0 fully saturated rings. The van der Waals surface area contributed by atoms with Gasteiger partial charge in [0.1, 0.15) is 11.5 Å². The summed E-state index contributed by atoms with van der Waals surface area (Å²) in [7, 11) is 1.64. The Morgan fingerprint density at radius 3 is 2.71 bits per heavy atom. The van der Waals surface area contributed by atoms with Gasteiger partial charge in [-0.2, -0.15) is 0 Å². The zero-order chi connectivity index (χ0) is 14.8. The molecule has 0 radical (unpaired) electrons. The van der Waals surface area contributed by atoms with E-state index < -0.39 is 0 Å². The lowest BCUT2D eigenvalue weighted by Gasteiger charge is -2.12. The van der Waals surface area contributed by atoms with Gasteiger partial charge in [-0.1, -0.05) is 6.07 Å².